The van der Waals surface area contributed by atoms with Gasteiger partial charge in [0.15, 0.2) is 0 Å². The van der Waals surface area contributed by atoms with E-state index in [0.29, 0.717) is 5.75 Å². The lowest BCUT2D eigenvalue weighted by Gasteiger charge is -2.15. The molecule has 2 nitrogen and oxygen atoms in total. The van der Waals surface area contributed by atoms with Crippen molar-refractivity contribution in [3.05, 3.63) is 23.8 Å². The standard InChI is InChI=1S/C10H12F2O2/c1-10(11,12)8-6-7(13-2)4-5-9(8)14-3/h4-6H,1-3H3. The second kappa shape index (κ2) is 3.82. The molecule has 0 heterocycles. The van der Waals surface area contributed by atoms with Gasteiger partial charge < -0.3 is 9.47 Å². The lowest BCUT2D eigenvalue weighted by Crippen LogP contribution is -2.09. The van der Waals surface area contributed by atoms with Gasteiger partial charge in [-0.3, -0.25) is 0 Å². The normalized spacial score (nSPS) is 11.2. The van der Waals surface area contributed by atoms with Crippen LogP contribution in [0.5, 0.6) is 11.5 Å². The van der Waals surface area contributed by atoms with Gasteiger partial charge in [-0.1, -0.05) is 0 Å². The van der Waals surface area contributed by atoms with Gasteiger partial charge in [-0.25, -0.2) is 8.78 Å². The number of benzene rings is 1. The molecule has 14 heavy (non-hydrogen) atoms. The smallest absolute Gasteiger partial charge is 0.274 e. The van der Waals surface area contributed by atoms with Gasteiger partial charge in [-0.05, 0) is 18.2 Å². The van der Waals surface area contributed by atoms with Gasteiger partial charge >= 0.3 is 0 Å². The Kier molecular flexibility index (Phi) is 2.93. The summed E-state index contributed by atoms with van der Waals surface area (Å²) in [5.41, 5.74) is -0.167. The SMILES string of the molecule is COc1ccc(OC)c(C(C)(F)F)c1. The summed E-state index contributed by atoms with van der Waals surface area (Å²) in [6.07, 6.45) is 0. The van der Waals surface area contributed by atoms with Crippen molar-refractivity contribution in [2.45, 2.75) is 12.8 Å². The van der Waals surface area contributed by atoms with E-state index < -0.39 is 5.92 Å². The van der Waals surface area contributed by atoms with E-state index in [1.54, 1.807) is 6.07 Å². The average Bonchev–Trinajstić information content (AvgIpc) is 2.15. The summed E-state index contributed by atoms with van der Waals surface area (Å²) < 4.78 is 35.9. The van der Waals surface area contributed by atoms with Crippen molar-refractivity contribution in [3.63, 3.8) is 0 Å². The zero-order chi connectivity index (χ0) is 10.8. The molecule has 1 rings (SSSR count). The van der Waals surface area contributed by atoms with E-state index >= 15 is 0 Å². The molecule has 0 N–H and O–H groups in total. The van der Waals surface area contributed by atoms with Crippen molar-refractivity contribution in [3.8, 4) is 11.5 Å². The molecule has 0 spiro atoms. The number of rotatable bonds is 3. The Hall–Kier alpha value is -1.32. The Morgan fingerprint density at radius 2 is 1.79 bits per heavy atom. The number of hydrogen-bond donors (Lipinski definition) is 0. The molecule has 0 unspecified atom stereocenters. The molecule has 0 aliphatic carbocycles. The Labute approximate surface area is 81.4 Å². The van der Waals surface area contributed by atoms with Crippen molar-refractivity contribution in [2.75, 3.05) is 14.2 Å². The van der Waals surface area contributed by atoms with Crippen LogP contribution < -0.4 is 9.47 Å². The second-order valence-electron chi connectivity index (χ2n) is 2.95. The van der Waals surface area contributed by atoms with E-state index in [0.717, 1.165) is 6.92 Å². The highest BCUT2D eigenvalue weighted by Crippen LogP contribution is 2.36. The Bertz CT molecular complexity index is 318. The van der Waals surface area contributed by atoms with Gasteiger partial charge in [-0.2, -0.15) is 0 Å². The molecule has 0 aliphatic heterocycles. The van der Waals surface area contributed by atoms with Crippen molar-refractivity contribution in [1.82, 2.24) is 0 Å². The highest BCUT2D eigenvalue weighted by atomic mass is 19.3. The van der Waals surface area contributed by atoms with Crippen LogP contribution in [0.3, 0.4) is 0 Å². The van der Waals surface area contributed by atoms with Crippen molar-refractivity contribution < 1.29 is 18.3 Å². The van der Waals surface area contributed by atoms with Crippen LogP contribution in [0.4, 0.5) is 8.78 Å². The Morgan fingerprint density at radius 1 is 1.14 bits per heavy atom. The highest BCUT2D eigenvalue weighted by molar-refractivity contribution is 5.42. The quantitative estimate of drug-likeness (QED) is 0.750. The van der Waals surface area contributed by atoms with Crippen LogP contribution in [0.25, 0.3) is 0 Å². The summed E-state index contributed by atoms with van der Waals surface area (Å²) in [5.74, 6) is -2.37. The third kappa shape index (κ3) is 2.13. The first-order chi connectivity index (χ1) is 6.49. The zero-order valence-corrected chi connectivity index (χ0v) is 8.30. The molecule has 0 radical (unpaired) electrons. The van der Waals surface area contributed by atoms with Gasteiger partial charge in [0.1, 0.15) is 11.5 Å². The summed E-state index contributed by atoms with van der Waals surface area (Å²) in [7, 11) is 2.79. The summed E-state index contributed by atoms with van der Waals surface area (Å²) in [5, 5.41) is 0. The van der Waals surface area contributed by atoms with Crippen molar-refractivity contribution in [2.24, 2.45) is 0 Å². The third-order valence-electron chi connectivity index (χ3n) is 1.88. The molecular formula is C10H12F2O2. The minimum absolute atomic E-state index is 0.165. The molecule has 0 aromatic heterocycles. The lowest BCUT2D eigenvalue weighted by atomic mass is 10.1. The summed E-state index contributed by atoms with van der Waals surface area (Å²) in [4.78, 5) is 0. The van der Waals surface area contributed by atoms with Crippen LogP contribution in [0.2, 0.25) is 0 Å². The zero-order valence-electron chi connectivity index (χ0n) is 8.30. The first kappa shape index (κ1) is 10.8. The number of ether oxygens (including phenoxy) is 2. The van der Waals surface area contributed by atoms with Crippen LogP contribution in [0, 0.1) is 0 Å². The molecule has 4 heteroatoms. The Morgan fingerprint density at radius 3 is 2.21 bits per heavy atom. The second-order valence-corrected chi connectivity index (χ2v) is 2.95. The molecule has 0 atom stereocenters. The van der Waals surface area contributed by atoms with Crippen LogP contribution in [-0.2, 0) is 5.92 Å². The predicted molar refractivity (Wildman–Crippen MR) is 49.1 cm³/mol. The third-order valence-corrected chi connectivity index (χ3v) is 1.88. The number of hydrogen-bond acceptors (Lipinski definition) is 2. The van der Waals surface area contributed by atoms with Gasteiger partial charge in [0.2, 0.25) is 0 Å². The molecule has 78 valence electrons. The largest absolute Gasteiger partial charge is 0.497 e. The monoisotopic (exact) mass is 202 g/mol. The molecule has 1 aromatic carbocycles. The maximum absolute atomic E-state index is 13.1. The minimum Gasteiger partial charge on any atom is -0.497 e. The topological polar surface area (TPSA) is 18.5 Å². The van der Waals surface area contributed by atoms with Crippen LogP contribution in [0.15, 0.2) is 18.2 Å². The molecule has 0 saturated carbocycles. The molecule has 0 aliphatic rings. The molecular weight excluding hydrogens is 190 g/mol. The van der Waals surface area contributed by atoms with E-state index in [1.807, 2.05) is 0 Å². The van der Waals surface area contributed by atoms with E-state index in [2.05, 4.69) is 0 Å². The summed E-state index contributed by atoms with van der Waals surface area (Å²) in [6.45, 7) is 0.824. The van der Waals surface area contributed by atoms with E-state index in [4.69, 9.17) is 9.47 Å². The molecule has 0 bridgehead atoms. The average molecular weight is 202 g/mol. The first-order valence-electron chi connectivity index (χ1n) is 4.09. The number of methoxy groups -OCH3 is 2. The minimum atomic E-state index is -2.93. The summed E-state index contributed by atoms with van der Waals surface area (Å²) >= 11 is 0. The maximum Gasteiger partial charge on any atom is 0.274 e. The predicted octanol–water partition coefficient (Wildman–Crippen LogP) is 2.82. The highest BCUT2D eigenvalue weighted by Gasteiger charge is 2.28. The van der Waals surface area contributed by atoms with E-state index in [-0.39, 0.29) is 11.3 Å². The van der Waals surface area contributed by atoms with Crippen molar-refractivity contribution >= 4 is 0 Å². The first-order valence-corrected chi connectivity index (χ1v) is 4.09. The van der Waals surface area contributed by atoms with Crippen LogP contribution in [0.1, 0.15) is 12.5 Å². The van der Waals surface area contributed by atoms with Gasteiger partial charge in [-0.15, -0.1) is 0 Å². The molecule has 0 fully saturated rings. The fraction of sp³-hybridized carbons (Fsp3) is 0.400. The van der Waals surface area contributed by atoms with E-state index in [9.17, 15) is 8.78 Å². The maximum atomic E-state index is 13.1. The molecule has 1 aromatic rings. The van der Waals surface area contributed by atoms with Crippen LogP contribution >= 0.6 is 0 Å². The molecule has 0 amide bonds. The molecule has 0 saturated heterocycles. The lowest BCUT2D eigenvalue weighted by molar-refractivity contribution is 0.0148. The fourth-order valence-corrected chi connectivity index (χ4v) is 1.16. The number of halogens is 2. The van der Waals surface area contributed by atoms with Crippen molar-refractivity contribution in [1.29, 1.82) is 0 Å². The van der Waals surface area contributed by atoms with Gasteiger partial charge in [0.05, 0.1) is 19.8 Å². The van der Waals surface area contributed by atoms with Gasteiger partial charge in [0.25, 0.3) is 5.92 Å². The van der Waals surface area contributed by atoms with E-state index in [1.165, 1.54) is 26.4 Å². The Balaban J connectivity index is 3.22. The summed E-state index contributed by atoms with van der Waals surface area (Å²) in [6, 6.07) is 4.32. The van der Waals surface area contributed by atoms with Crippen LogP contribution in [-0.4, -0.2) is 14.2 Å². The number of alkyl halides is 2. The fourth-order valence-electron chi connectivity index (χ4n) is 1.16. The van der Waals surface area contributed by atoms with Gasteiger partial charge in [0, 0.05) is 6.92 Å².